The molecule has 0 spiro atoms. The van der Waals surface area contributed by atoms with Gasteiger partial charge < -0.3 is 15.5 Å². The van der Waals surface area contributed by atoms with Crippen LogP contribution in [0.1, 0.15) is 30.3 Å². The molecule has 2 aromatic heterocycles. The first-order valence-electron chi connectivity index (χ1n) is 5.45. The Hall–Kier alpha value is -2.55. The minimum Gasteiger partial charge on any atom is -0.444 e. The Morgan fingerprint density at radius 3 is 2.89 bits per heavy atom. The van der Waals surface area contributed by atoms with Crippen molar-refractivity contribution < 1.29 is 4.42 Å². The lowest BCUT2D eigenvalue weighted by molar-refractivity contribution is 0.453. The van der Waals surface area contributed by atoms with Gasteiger partial charge in [0.2, 0.25) is 5.89 Å². The van der Waals surface area contributed by atoms with Gasteiger partial charge in [0, 0.05) is 0 Å². The molecule has 18 heavy (non-hydrogen) atoms. The second kappa shape index (κ2) is 4.75. The monoisotopic (exact) mass is 243 g/mol. The third kappa shape index (κ3) is 2.40. The number of oxazole rings is 1. The number of hydrogen-bond acceptors (Lipinski definition) is 6. The first-order chi connectivity index (χ1) is 8.60. The van der Waals surface area contributed by atoms with Crippen LogP contribution < -0.4 is 11.1 Å². The molecular formula is C12H13N5O. The van der Waals surface area contributed by atoms with E-state index in [1.54, 1.807) is 18.3 Å². The molecular weight excluding hydrogens is 230 g/mol. The SMILES string of the molecule is Cc1cnc(C(C)Nc2ccc(N)c(C#N)n2)o1. The second-order valence-corrected chi connectivity index (χ2v) is 3.92. The summed E-state index contributed by atoms with van der Waals surface area (Å²) in [4.78, 5) is 8.22. The summed E-state index contributed by atoms with van der Waals surface area (Å²) in [5.74, 6) is 1.88. The van der Waals surface area contributed by atoms with Crippen LogP contribution in [-0.2, 0) is 0 Å². The van der Waals surface area contributed by atoms with Gasteiger partial charge in [-0.2, -0.15) is 5.26 Å². The Kier molecular flexibility index (Phi) is 3.15. The highest BCUT2D eigenvalue weighted by molar-refractivity contribution is 5.54. The quantitative estimate of drug-likeness (QED) is 0.855. The maximum atomic E-state index is 8.85. The van der Waals surface area contributed by atoms with E-state index in [-0.39, 0.29) is 11.7 Å². The van der Waals surface area contributed by atoms with Crippen molar-refractivity contribution in [3.05, 3.63) is 35.7 Å². The summed E-state index contributed by atoms with van der Waals surface area (Å²) in [6, 6.07) is 5.15. The molecule has 0 aliphatic rings. The number of nitrogen functional groups attached to an aromatic ring is 1. The highest BCUT2D eigenvalue weighted by Gasteiger charge is 2.12. The lowest BCUT2D eigenvalue weighted by Gasteiger charge is -2.11. The van der Waals surface area contributed by atoms with Gasteiger partial charge in [-0.25, -0.2) is 9.97 Å². The van der Waals surface area contributed by atoms with Crippen LogP contribution in [-0.4, -0.2) is 9.97 Å². The van der Waals surface area contributed by atoms with Crippen molar-refractivity contribution in [3.63, 3.8) is 0 Å². The number of nitriles is 1. The van der Waals surface area contributed by atoms with Crippen LogP contribution in [0.15, 0.2) is 22.7 Å². The summed E-state index contributed by atoms with van der Waals surface area (Å²) >= 11 is 0. The number of anilines is 2. The zero-order chi connectivity index (χ0) is 13.1. The van der Waals surface area contributed by atoms with Gasteiger partial charge in [0.25, 0.3) is 0 Å². The van der Waals surface area contributed by atoms with E-state index in [0.717, 1.165) is 5.76 Å². The van der Waals surface area contributed by atoms with Crippen molar-refractivity contribution in [1.82, 2.24) is 9.97 Å². The number of nitrogens with two attached hydrogens (primary N) is 1. The number of nitrogens with zero attached hydrogens (tertiary/aromatic N) is 3. The molecule has 6 heteroatoms. The number of nitrogens with one attached hydrogen (secondary N) is 1. The zero-order valence-electron chi connectivity index (χ0n) is 10.1. The van der Waals surface area contributed by atoms with Gasteiger partial charge in [0.1, 0.15) is 23.7 Å². The molecule has 0 saturated heterocycles. The summed E-state index contributed by atoms with van der Waals surface area (Å²) < 4.78 is 5.41. The van der Waals surface area contributed by atoms with Crippen LogP contribution in [0.2, 0.25) is 0 Å². The van der Waals surface area contributed by atoms with Crippen LogP contribution >= 0.6 is 0 Å². The third-order valence-corrected chi connectivity index (χ3v) is 2.41. The van der Waals surface area contributed by atoms with Crippen molar-refractivity contribution in [2.75, 3.05) is 11.1 Å². The van der Waals surface area contributed by atoms with E-state index in [0.29, 0.717) is 17.4 Å². The molecule has 1 unspecified atom stereocenters. The number of hydrogen-bond donors (Lipinski definition) is 2. The number of aryl methyl sites for hydroxylation is 1. The molecule has 6 nitrogen and oxygen atoms in total. The summed E-state index contributed by atoms with van der Waals surface area (Å²) in [7, 11) is 0. The average molecular weight is 243 g/mol. The number of rotatable bonds is 3. The maximum absolute atomic E-state index is 8.85. The van der Waals surface area contributed by atoms with Gasteiger partial charge in [-0.05, 0) is 26.0 Å². The lowest BCUT2D eigenvalue weighted by Crippen LogP contribution is -2.09. The van der Waals surface area contributed by atoms with E-state index in [2.05, 4.69) is 15.3 Å². The minimum absolute atomic E-state index is 0.138. The Labute approximate surface area is 104 Å². The summed E-state index contributed by atoms with van der Waals surface area (Å²) in [6.45, 7) is 3.73. The fourth-order valence-corrected chi connectivity index (χ4v) is 1.50. The maximum Gasteiger partial charge on any atom is 0.216 e. The highest BCUT2D eigenvalue weighted by atomic mass is 16.4. The Morgan fingerprint density at radius 1 is 1.50 bits per heavy atom. The molecule has 3 N–H and O–H groups in total. The van der Waals surface area contributed by atoms with Crippen LogP contribution in [0, 0.1) is 18.3 Å². The average Bonchev–Trinajstić information content (AvgIpc) is 2.78. The molecule has 2 aromatic rings. The molecule has 92 valence electrons. The third-order valence-electron chi connectivity index (χ3n) is 2.41. The van der Waals surface area contributed by atoms with Crippen molar-refractivity contribution >= 4 is 11.5 Å². The van der Waals surface area contributed by atoms with Crippen molar-refractivity contribution in [1.29, 1.82) is 5.26 Å². The van der Waals surface area contributed by atoms with Crippen LogP contribution in [0.5, 0.6) is 0 Å². The largest absolute Gasteiger partial charge is 0.444 e. The fourth-order valence-electron chi connectivity index (χ4n) is 1.50. The van der Waals surface area contributed by atoms with Gasteiger partial charge >= 0.3 is 0 Å². The summed E-state index contributed by atoms with van der Waals surface area (Å²) in [5.41, 5.74) is 6.17. The molecule has 0 saturated carbocycles. The molecule has 2 heterocycles. The van der Waals surface area contributed by atoms with Gasteiger partial charge in [-0.15, -0.1) is 0 Å². The second-order valence-electron chi connectivity index (χ2n) is 3.92. The van der Waals surface area contributed by atoms with Crippen molar-refractivity contribution in [3.8, 4) is 6.07 Å². The Bertz CT molecular complexity index is 599. The molecule has 0 aliphatic heterocycles. The fraction of sp³-hybridized carbons (Fsp3) is 0.250. The predicted molar refractivity (Wildman–Crippen MR) is 66.6 cm³/mol. The summed E-state index contributed by atoms with van der Waals surface area (Å²) in [6.07, 6.45) is 1.66. The molecule has 0 aromatic carbocycles. The van der Waals surface area contributed by atoms with E-state index in [1.807, 2.05) is 19.9 Å². The van der Waals surface area contributed by atoms with Crippen LogP contribution in [0.25, 0.3) is 0 Å². The topological polar surface area (TPSA) is 101 Å². The standard InChI is InChI=1S/C12H13N5O/c1-7-6-15-12(18-7)8(2)16-11-4-3-9(14)10(5-13)17-11/h3-4,6,8H,14H2,1-2H3,(H,16,17). The smallest absolute Gasteiger partial charge is 0.216 e. The molecule has 1 atom stereocenters. The van der Waals surface area contributed by atoms with Crippen LogP contribution in [0.3, 0.4) is 0 Å². The van der Waals surface area contributed by atoms with E-state index >= 15 is 0 Å². The molecule has 0 bridgehead atoms. The predicted octanol–water partition coefficient (Wildman–Crippen LogP) is 2.00. The van der Waals surface area contributed by atoms with E-state index in [9.17, 15) is 0 Å². The van der Waals surface area contributed by atoms with Gasteiger partial charge in [0.15, 0.2) is 5.69 Å². The molecule has 0 radical (unpaired) electrons. The van der Waals surface area contributed by atoms with E-state index < -0.39 is 0 Å². The Morgan fingerprint density at radius 2 is 2.28 bits per heavy atom. The van der Waals surface area contributed by atoms with Crippen molar-refractivity contribution in [2.24, 2.45) is 0 Å². The van der Waals surface area contributed by atoms with Crippen molar-refractivity contribution in [2.45, 2.75) is 19.9 Å². The first-order valence-corrected chi connectivity index (χ1v) is 5.45. The van der Waals surface area contributed by atoms with Gasteiger partial charge in [-0.1, -0.05) is 0 Å². The Balaban J connectivity index is 2.17. The summed E-state index contributed by atoms with van der Waals surface area (Å²) in [5, 5.41) is 11.9. The van der Waals surface area contributed by atoms with E-state index in [4.69, 9.17) is 15.4 Å². The van der Waals surface area contributed by atoms with Gasteiger partial charge in [-0.3, -0.25) is 0 Å². The molecule has 0 amide bonds. The lowest BCUT2D eigenvalue weighted by atomic mass is 10.3. The highest BCUT2D eigenvalue weighted by Crippen LogP contribution is 2.19. The van der Waals surface area contributed by atoms with Gasteiger partial charge in [0.05, 0.1) is 11.9 Å². The molecule has 2 rings (SSSR count). The minimum atomic E-state index is -0.138. The zero-order valence-corrected chi connectivity index (χ0v) is 10.1. The number of aromatic nitrogens is 2. The van der Waals surface area contributed by atoms with E-state index in [1.165, 1.54) is 0 Å². The molecule has 0 aliphatic carbocycles. The number of pyridine rings is 1. The molecule has 0 fully saturated rings. The van der Waals surface area contributed by atoms with Crippen LogP contribution in [0.4, 0.5) is 11.5 Å². The normalized spacial score (nSPS) is 11.8. The first kappa shape index (κ1) is 11.9.